The molecule has 2 aromatic carbocycles. The number of aromatic nitrogens is 1. The molecule has 1 N–H and O–H groups in total. The summed E-state index contributed by atoms with van der Waals surface area (Å²) >= 11 is 0. The molecule has 36 heavy (non-hydrogen) atoms. The maximum absolute atomic E-state index is 13.1. The largest absolute Gasteiger partial charge is 0.457 e. The molecule has 0 bridgehead atoms. The molecule has 0 aliphatic rings. The highest BCUT2D eigenvalue weighted by Gasteiger charge is 2.25. The smallest absolute Gasteiger partial charge is 0.408 e. The molecule has 0 unspecified atom stereocenters. The number of nitrogens with one attached hydrogen (secondary N) is 1. The molecule has 7 heteroatoms. The summed E-state index contributed by atoms with van der Waals surface area (Å²) in [6.07, 6.45) is -0.00812. The van der Waals surface area contributed by atoms with Gasteiger partial charge in [0.05, 0.1) is 18.2 Å². The van der Waals surface area contributed by atoms with Gasteiger partial charge in [-0.25, -0.2) is 9.18 Å². The molecule has 6 nitrogen and oxygen atoms in total. The number of carbonyl (C=O) groups excluding carboxylic acids is 2. The van der Waals surface area contributed by atoms with Gasteiger partial charge < -0.3 is 14.8 Å². The average molecular weight is 493 g/mol. The van der Waals surface area contributed by atoms with Gasteiger partial charge in [0.2, 0.25) is 0 Å². The third-order valence-corrected chi connectivity index (χ3v) is 5.15. The van der Waals surface area contributed by atoms with E-state index in [0.717, 1.165) is 5.56 Å². The monoisotopic (exact) mass is 492 g/mol. The van der Waals surface area contributed by atoms with Crippen LogP contribution in [0.3, 0.4) is 0 Å². The zero-order valence-electron chi connectivity index (χ0n) is 21.4. The standard InChI is InChI=1S/C29H33FN2O4/c1-19(2)17-26(32-28(34)36-29(3,4)5)27(33)18-22-7-6-8-25(31-22)20-9-13-23(14-10-20)35-24-15-11-21(30)12-16-24/h6-16,19,26H,17-18H2,1-5H3,(H,32,34)/t26-/m0/s1. The molecular weight excluding hydrogens is 459 g/mol. The van der Waals surface area contributed by atoms with Crippen LogP contribution in [0.2, 0.25) is 0 Å². The topological polar surface area (TPSA) is 77.5 Å². The van der Waals surface area contributed by atoms with Gasteiger partial charge in [-0.05, 0) is 93.8 Å². The number of halogens is 1. The number of hydrogen-bond donors (Lipinski definition) is 1. The number of benzene rings is 2. The Hall–Kier alpha value is -3.74. The molecule has 0 saturated heterocycles. The van der Waals surface area contributed by atoms with E-state index in [4.69, 9.17) is 9.47 Å². The van der Waals surface area contributed by atoms with E-state index < -0.39 is 17.7 Å². The van der Waals surface area contributed by atoms with Crippen molar-refractivity contribution in [2.45, 2.75) is 59.1 Å². The third kappa shape index (κ3) is 8.48. The highest BCUT2D eigenvalue weighted by Crippen LogP contribution is 2.25. The Morgan fingerprint density at radius 3 is 2.14 bits per heavy atom. The van der Waals surface area contributed by atoms with Crippen molar-refractivity contribution in [2.24, 2.45) is 5.92 Å². The highest BCUT2D eigenvalue weighted by atomic mass is 19.1. The van der Waals surface area contributed by atoms with Crippen LogP contribution in [0.15, 0.2) is 66.7 Å². The van der Waals surface area contributed by atoms with E-state index >= 15 is 0 Å². The number of pyridine rings is 1. The lowest BCUT2D eigenvalue weighted by Gasteiger charge is -2.24. The number of nitrogens with zero attached hydrogens (tertiary/aromatic N) is 1. The van der Waals surface area contributed by atoms with Crippen LogP contribution in [0.1, 0.15) is 46.7 Å². The Morgan fingerprint density at radius 1 is 0.944 bits per heavy atom. The first-order valence-electron chi connectivity index (χ1n) is 12.0. The Labute approximate surface area is 211 Å². The van der Waals surface area contributed by atoms with E-state index in [2.05, 4.69) is 10.3 Å². The zero-order chi connectivity index (χ0) is 26.3. The van der Waals surface area contributed by atoms with Gasteiger partial charge >= 0.3 is 6.09 Å². The first-order valence-corrected chi connectivity index (χ1v) is 12.0. The van der Waals surface area contributed by atoms with Crippen molar-refractivity contribution >= 4 is 11.9 Å². The molecule has 1 amide bonds. The summed E-state index contributed by atoms with van der Waals surface area (Å²) in [6, 6.07) is 18.0. The third-order valence-electron chi connectivity index (χ3n) is 5.15. The van der Waals surface area contributed by atoms with Crippen molar-refractivity contribution in [3.8, 4) is 22.8 Å². The Balaban J connectivity index is 1.68. The number of hydrogen-bond acceptors (Lipinski definition) is 5. The molecule has 0 radical (unpaired) electrons. The molecule has 0 fully saturated rings. The van der Waals surface area contributed by atoms with Gasteiger partial charge in [-0.2, -0.15) is 0 Å². The number of carbonyl (C=O) groups is 2. The van der Waals surface area contributed by atoms with Crippen molar-refractivity contribution < 1.29 is 23.5 Å². The summed E-state index contributed by atoms with van der Waals surface area (Å²) in [5, 5.41) is 2.73. The van der Waals surface area contributed by atoms with Crippen molar-refractivity contribution in [1.82, 2.24) is 10.3 Å². The molecule has 3 rings (SSSR count). The van der Waals surface area contributed by atoms with Crippen molar-refractivity contribution in [1.29, 1.82) is 0 Å². The van der Waals surface area contributed by atoms with Gasteiger partial charge in [0.25, 0.3) is 0 Å². The lowest BCUT2D eigenvalue weighted by atomic mass is 9.97. The zero-order valence-corrected chi connectivity index (χ0v) is 21.4. The van der Waals surface area contributed by atoms with Gasteiger partial charge in [0.15, 0.2) is 5.78 Å². The second-order valence-corrected chi connectivity index (χ2v) is 10.1. The van der Waals surface area contributed by atoms with E-state index in [9.17, 15) is 14.0 Å². The second-order valence-electron chi connectivity index (χ2n) is 10.1. The van der Waals surface area contributed by atoms with Crippen LogP contribution >= 0.6 is 0 Å². The first-order chi connectivity index (χ1) is 17.0. The van der Waals surface area contributed by atoms with Crippen molar-refractivity contribution in [3.05, 3.63) is 78.2 Å². The molecule has 0 aliphatic carbocycles. The van der Waals surface area contributed by atoms with E-state index in [-0.39, 0.29) is 23.9 Å². The quantitative estimate of drug-likeness (QED) is 0.358. The summed E-state index contributed by atoms with van der Waals surface area (Å²) < 4.78 is 24.2. The number of ether oxygens (including phenoxy) is 2. The predicted octanol–water partition coefficient (Wildman–Crippen LogP) is 6.73. The Kier molecular flexibility index (Phi) is 8.80. The fraction of sp³-hybridized carbons (Fsp3) is 0.345. The number of alkyl carbamates (subject to hydrolysis) is 1. The Morgan fingerprint density at radius 2 is 1.56 bits per heavy atom. The van der Waals surface area contributed by atoms with Gasteiger partial charge in [0, 0.05) is 11.3 Å². The van der Waals surface area contributed by atoms with Crippen LogP contribution in [0, 0.1) is 11.7 Å². The molecule has 3 aromatic rings. The first kappa shape index (κ1) is 26.9. The Bertz CT molecular complexity index is 1170. The van der Waals surface area contributed by atoms with Crippen LogP contribution in [-0.4, -0.2) is 28.5 Å². The molecule has 1 atom stereocenters. The lowest BCUT2D eigenvalue weighted by molar-refractivity contribution is -0.120. The molecule has 0 aliphatic heterocycles. The molecule has 0 saturated carbocycles. The maximum Gasteiger partial charge on any atom is 0.408 e. The van der Waals surface area contributed by atoms with Gasteiger partial charge in [0.1, 0.15) is 22.9 Å². The minimum Gasteiger partial charge on any atom is -0.457 e. The molecule has 1 aromatic heterocycles. The number of Topliss-reactive ketones (excluding diaryl/α,β-unsaturated/α-hetero) is 1. The van der Waals surface area contributed by atoms with E-state index in [0.29, 0.717) is 29.3 Å². The highest BCUT2D eigenvalue weighted by molar-refractivity contribution is 5.89. The van der Waals surface area contributed by atoms with E-state index in [1.165, 1.54) is 12.1 Å². The summed E-state index contributed by atoms with van der Waals surface area (Å²) in [5.41, 5.74) is 1.55. The van der Waals surface area contributed by atoms with Gasteiger partial charge in [-0.3, -0.25) is 9.78 Å². The van der Waals surface area contributed by atoms with Crippen LogP contribution in [0.5, 0.6) is 11.5 Å². The second kappa shape index (κ2) is 11.8. The van der Waals surface area contributed by atoms with Crippen LogP contribution in [0.4, 0.5) is 9.18 Å². The predicted molar refractivity (Wildman–Crippen MR) is 137 cm³/mol. The van der Waals surface area contributed by atoms with Crippen molar-refractivity contribution in [2.75, 3.05) is 0 Å². The maximum atomic E-state index is 13.1. The minimum absolute atomic E-state index is 0.0901. The molecule has 190 valence electrons. The normalized spacial score (nSPS) is 12.2. The summed E-state index contributed by atoms with van der Waals surface area (Å²) in [7, 11) is 0. The van der Waals surface area contributed by atoms with Crippen LogP contribution in [0.25, 0.3) is 11.3 Å². The molecule has 0 spiro atoms. The minimum atomic E-state index is -0.659. The number of rotatable bonds is 9. The fourth-order valence-corrected chi connectivity index (χ4v) is 3.57. The van der Waals surface area contributed by atoms with Gasteiger partial charge in [-0.1, -0.05) is 19.9 Å². The van der Waals surface area contributed by atoms with Gasteiger partial charge in [-0.15, -0.1) is 0 Å². The van der Waals surface area contributed by atoms with Crippen molar-refractivity contribution in [3.63, 3.8) is 0 Å². The summed E-state index contributed by atoms with van der Waals surface area (Å²) in [5.74, 6) is 0.921. The molecular formula is C29H33FN2O4. The number of ketones is 1. The lowest BCUT2D eigenvalue weighted by Crippen LogP contribution is -2.44. The SMILES string of the molecule is CC(C)C[C@H](NC(=O)OC(C)(C)C)C(=O)Cc1cccc(-c2ccc(Oc3ccc(F)cc3)cc2)n1. The summed E-state index contributed by atoms with van der Waals surface area (Å²) in [6.45, 7) is 9.34. The van der Waals surface area contributed by atoms with E-state index in [1.54, 1.807) is 39.0 Å². The fourth-order valence-electron chi connectivity index (χ4n) is 3.57. The van der Waals surface area contributed by atoms with E-state index in [1.807, 2.05) is 50.2 Å². The van der Waals surface area contributed by atoms with Crippen LogP contribution in [-0.2, 0) is 16.0 Å². The molecule has 1 heterocycles. The average Bonchev–Trinajstić information content (AvgIpc) is 2.79. The van der Waals surface area contributed by atoms with Crippen LogP contribution < -0.4 is 10.1 Å². The summed E-state index contributed by atoms with van der Waals surface area (Å²) in [4.78, 5) is 30.0. The number of amides is 1.